The molecule has 0 aromatic heterocycles. The molecule has 1 aliphatic rings. The van der Waals surface area contributed by atoms with Gasteiger partial charge in [-0.3, -0.25) is 4.99 Å². The molecule has 1 aliphatic heterocycles. The van der Waals surface area contributed by atoms with Crippen molar-refractivity contribution in [1.29, 1.82) is 0 Å². The molecule has 4 nitrogen and oxygen atoms in total. The third-order valence-corrected chi connectivity index (χ3v) is 5.09. The first kappa shape index (κ1) is 17.6. The van der Waals surface area contributed by atoms with E-state index >= 15 is 0 Å². The quantitative estimate of drug-likeness (QED) is 0.448. The zero-order valence-electron chi connectivity index (χ0n) is 13.1. The van der Waals surface area contributed by atoms with Crippen LogP contribution in [-0.4, -0.2) is 44.1 Å². The number of halogens is 1. The molecule has 0 spiro atoms. The summed E-state index contributed by atoms with van der Waals surface area (Å²) in [6.45, 7) is 4.80. The largest absolute Gasteiger partial charge is 0.376 e. The first-order valence-corrected chi connectivity index (χ1v) is 9.33. The summed E-state index contributed by atoms with van der Waals surface area (Å²) in [5, 5.41) is 7.18. The minimum absolute atomic E-state index is 0.327. The molecule has 6 heteroatoms. The third-order valence-electron chi connectivity index (χ3n) is 3.45. The SMILES string of the molecule is CN=C(NCC1CCCO1)NCC(C)Sc1ccc(Br)cc1. The first-order valence-electron chi connectivity index (χ1n) is 7.65. The lowest BCUT2D eigenvalue weighted by Crippen LogP contribution is -2.42. The summed E-state index contributed by atoms with van der Waals surface area (Å²) >= 11 is 5.32. The van der Waals surface area contributed by atoms with Crippen LogP contribution in [0.25, 0.3) is 0 Å². The van der Waals surface area contributed by atoms with Gasteiger partial charge in [-0.2, -0.15) is 0 Å². The molecule has 2 atom stereocenters. The minimum atomic E-state index is 0.327. The number of nitrogens with zero attached hydrogens (tertiary/aromatic N) is 1. The molecule has 2 N–H and O–H groups in total. The summed E-state index contributed by atoms with van der Waals surface area (Å²) in [6.07, 6.45) is 2.63. The van der Waals surface area contributed by atoms with Crippen molar-refractivity contribution in [2.45, 2.75) is 36.0 Å². The van der Waals surface area contributed by atoms with Crippen LogP contribution >= 0.6 is 27.7 Å². The monoisotopic (exact) mass is 385 g/mol. The van der Waals surface area contributed by atoms with Crippen LogP contribution in [-0.2, 0) is 4.74 Å². The Hall–Kier alpha value is -0.720. The molecule has 1 heterocycles. The standard InChI is InChI=1S/C16H24BrN3OS/c1-12(22-15-7-5-13(17)6-8-15)10-19-16(18-2)20-11-14-4-3-9-21-14/h5-8,12,14H,3-4,9-11H2,1-2H3,(H2,18,19,20). The maximum Gasteiger partial charge on any atom is 0.191 e. The Kier molecular flexibility index (Phi) is 7.55. The van der Waals surface area contributed by atoms with Crippen LogP contribution in [0, 0.1) is 0 Å². The molecule has 1 saturated heterocycles. The number of thioether (sulfide) groups is 1. The maximum absolute atomic E-state index is 5.61. The van der Waals surface area contributed by atoms with Crippen LogP contribution in [0.4, 0.5) is 0 Å². The van der Waals surface area contributed by atoms with Crippen molar-refractivity contribution in [1.82, 2.24) is 10.6 Å². The molecular formula is C16H24BrN3OS. The van der Waals surface area contributed by atoms with E-state index in [4.69, 9.17) is 4.74 Å². The van der Waals surface area contributed by atoms with Crippen molar-refractivity contribution in [3.8, 4) is 0 Å². The summed E-state index contributed by atoms with van der Waals surface area (Å²) in [4.78, 5) is 5.54. The van der Waals surface area contributed by atoms with E-state index in [0.29, 0.717) is 11.4 Å². The van der Waals surface area contributed by atoms with Crippen molar-refractivity contribution < 1.29 is 4.74 Å². The van der Waals surface area contributed by atoms with Crippen LogP contribution in [0.3, 0.4) is 0 Å². The number of aliphatic imine (C=N–C) groups is 1. The second-order valence-electron chi connectivity index (χ2n) is 5.35. The number of ether oxygens (including phenoxy) is 1. The average molecular weight is 386 g/mol. The lowest BCUT2D eigenvalue weighted by Gasteiger charge is -2.17. The van der Waals surface area contributed by atoms with Gasteiger partial charge in [0.25, 0.3) is 0 Å². The second-order valence-corrected chi connectivity index (χ2v) is 7.78. The summed E-state index contributed by atoms with van der Waals surface area (Å²) in [6, 6.07) is 8.42. The minimum Gasteiger partial charge on any atom is -0.376 e. The summed E-state index contributed by atoms with van der Waals surface area (Å²) in [5.74, 6) is 0.846. The van der Waals surface area contributed by atoms with E-state index in [2.05, 4.69) is 62.7 Å². The predicted octanol–water partition coefficient (Wildman–Crippen LogP) is 3.27. The van der Waals surface area contributed by atoms with Gasteiger partial charge in [-0.05, 0) is 37.1 Å². The number of hydrogen-bond acceptors (Lipinski definition) is 3. The Morgan fingerprint density at radius 2 is 2.18 bits per heavy atom. The third kappa shape index (κ3) is 6.18. The lowest BCUT2D eigenvalue weighted by atomic mass is 10.2. The molecule has 0 bridgehead atoms. The van der Waals surface area contributed by atoms with Gasteiger partial charge < -0.3 is 15.4 Å². The highest BCUT2D eigenvalue weighted by Crippen LogP contribution is 2.24. The Bertz CT molecular complexity index is 475. The van der Waals surface area contributed by atoms with Crippen molar-refractivity contribution in [2.24, 2.45) is 4.99 Å². The highest BCUT2D eigenvalue weighted by molar-refractivity contribution is 9.10. The van der Waals surface area contributed by atoms with Gasteiger partial charge in [0.15, 0.2) is 5.96 Å². The zero-order valence-corrected chi connectivity index (χ0v) is 15.5. The summed E-state index contributed by atoms with van der Waals surface area (Å²) in [7, 11) is 1.80. The van der Waals surface area contributed by atoms with E-state index in [0.717, 1.165) is 36.5 Å². The number of rotatable bonds is 6. The molecule has 2 rings (SSSR count). The molecule has 0 radical (unpaired) electrons. The molecule has 2 unspecified atom stereocenters. The molecule has 122 valence electrons. The summed E-state index contributed by atoms with van der Waals surface area (Å²) in [5.41, 5.74) is 0. The highest BCUT2D eigenvalue weighted by Gasteiger charge is 2.15. The molecule has 1 aromatic rings. The zero-order chi connectivity index (χ0) is 15.8. The lowest BCUT2D eigenvalue weighted by molar-refractivity contribution is 0.114. The van der Waals surface area contributed by atoms with Crippen molar-refractivity contribution >= 4 is 33.7 Å². The van der Waals surface area contributed by atoms with E-state index in [1.807, 2.05) is 11.8 Å². The second kappa shape index (κ2) is 9.43. The number of guanidine groups is 1. The van der Waals surface area contributed by atoms with E-state index in [1.165, 1.54) is 11.3 Å². The first-order chi connectivity index (χ1) is 10.7. The molecule has 1 fully saturated rings. The van der Waals surface area contributed by atoms with Crippen LogP contribution < -0.4 is 10.6 Å². The van der Waals surface area contributed by atoms with Crippen LogP contribution in [0.5, 0.6) is 0 Å². The van der Waals surface area contributed by atoms with Gasteiger partial charge in [-0.15, -0.1) is 11.8 Å². The Balaban J connectivity index is 1.69. The molecule has 0 aliphatic carbocycles. The van der Waals surface area contributed by atoms with Gasteiger partial charge in [0, 0.05) is 41.4 Å². The molecule has 1 aromatic carbocycles. The summed E-state index contributed by atoms with van der Waals surface area (Å²) < 4.78 is 6.72. The number of benzene rings is 1. The van der Waals surface area contributed by atoms with Gasteiger partial charge in [-0.25, -0.2) is 0 Å². The van der Waals surface area contributed by atoms with E-state index in [1.54, 1.807) is 7.05 Å². The van der Waals surface area contributed by atoms with Gasteiger partial charge in [0.05, 0.1) is 6.10 Å². The number of nitrogens with one attached hydrogen (secondary N) is 2. The Morgan fingerprint density at radius 1 is 1.41 bits per heavy atom. The Morgan fingerprint density at radius 3 is 2.82 bits per heavy atom. The van der Waals surface area contributed by atoms with Crippen LogP contribution in [0.2, 0.25) is 0 Å². The van der Waals surface area contributed by atoms with Gasteiger partial charge in [0.1, 0.15) is 0 Å². The van der Waals surface area contributed by atoms with Crippen LogP contribution in [0.15, 0.2) is 38.6 Å². The van der Waals surface area contributed by atoms with Gasteiger partial charge in [0.2, 0.25) is 0 Å². The van der Waals surface area contributed by atoms with Crippen molar-refractivity contribution in [2.75, 3.05) is 26.7 Å². The predicted molar refractivity (Wildman–Crippen MR) is 97.8 cm³/mol. The average Bonchev–Trinajstić information content (AvgIpc) is 3.03. The molecule has 0 saturated carbocycles. The van der Waals surface area contributed by atoms with Gasteiger partial charge >= 0.3 is 0 Å². The molecule has 22 heavy (non-hydrogen) atoms. The fourth-order valence-corrected chi connectivity index (χ4v) is 3.45. The number of hydrogen-bond donors (Lipinski definition) is 2. The Labute approximate surface area is 145 Å². The van der Waals surface area contributed by atoms with Crippen LogP contribution in [0.1, 0.15) is 19.8 Å². The van der Waals surface area contributed by atoms with Crippen molar-refractivity contribution in [3.63, 3.8) is 0 Å². The maximum atomic E-state index is 5.61. The smallest absolute Gasteiger partial charge is 0.191 e. The fourth-order valence-electron chi connectivity index (χ4n) is 2.26. The topological polar surface area (TPSA) is 45.7 Å². The van der Waals surface area contributed by atoms with Crippen molar-refractivity contribution in [3.05, 3.63) is 28.7 Å². The van der Waals surface area contributed by atoms with E-state index in [9.17, 15) is 0 Å². The van der Waals surface area contributed by atoms with E-state index in [-0.39, 0.29) is 0 Å². The normalized spacial score (nSPS) is 20.0. The fraction of sp³-hybridized carbons (Fsp3) is 0.562. The van der Waals surface area contributed by atoms with Gasteiger partial charge in [-0.1, -0.05) is 22.9 Å². The van der Waals surface area contributed by atoms with E-state index < -0.39 is 0 Å². The highest BCUT2D eigenvalue weighted by atomic mass is 79.9. The molecule has 0 amide bonds. The molecular weight excluding hydrogens is 362 g/mol.